The van der Waals surface area contributed by atoms with Crippen molar-refractivity contribution in [1.29, 1.82) is 0 Å². The first-order valence-corrected chi connectivity index (χ1v) is 12.1. The number of ketones is 1. The summed E-state index contributed by atoms with van der Waals surface area (Å²) in [5.41, 5.74) is 4.19. The van der Waals surface area contributed by atoms with Gasteiger partial charge in [0.25, 0.3) is 0 Å². The molecule has 4 rings (SSSR count). The number of carbonyl (C=O) groups is 2. The van der Waals surface area contributed by atoms with Crippen molar-refractivity contribution in [2.24, 2.45) is 10.9 Å². The quantitative estimate of drug-likeness (QED) is 0.359. The van der Waals surface area contributed by atoms with E-state index in [0.717, 1.165) is 21.3 Å². The highest BCUT2D eigenvalue weighted by molar-refractivity contribution is 9.10. The Hall–Kier alpha value is -2.57. The molecule has 6 heteroatoms. The van der Waals surface area contributed by atoms with E-state index in [1.807, 2.05) is 56.3 Å². The van der Waals surface area contributed by atoms with Crippen LogP contribution in [-0.2, 0) is 19.1 Å². The molecule has 0 radical (unpaired) electrons. The Bertz CT molecular complexity index is 1080. The minimum atomic E-state index is -0.635. The Kier molecular flexibility index (Phi) is 7.56. The van der Waals surface area contributed by atoms with Crippen LogP contribution in [0.4, 0.5) is 0 Å². The average molecular weight is 510 g/mol. The second-order valence-electron chi connectivity index (χ2n) is 8.42. The van der Waals surface area contributed by atoms with Crippen LogP contribution in [0.25, 0.3) is 0 Å². The molecule has 1 unspecified atom stereocenters. The van der Waals surface area contributed by atoms with Crippen molar-refractivity contribution >= 4 is 33.4 Å². The van der Waals surface area contributed by atoms with Gasteiger partial charge >= 0.3 is 5.97 Å². The first-order valence-electron chi connectivity index (χ1n) is 11.4. The molecule has 0 fully saturated rings. The lowest BCUT2D eigenvalue weighted by Gasteiger charge is -2.36. The maximum Gasteiger partial charge on any atom is 0.315 e. The van der Waals surface area contributed by atoms with Gasteiger partial charge in [-0.2, -0.15) is 0 Å². The highest BCUT2D eigenvalue weighted by Gasteiger charge is 2.44. The molecule has 172 valence electrons. The number of esters is 1. The lowest BCUT2D eigenvalue weighted by Crippen LogP contribution is -2.38. The van der Waals surface area contributed by atoms with Crippen LogP contribution < -0.4 is 0 Å². The predicted molar refractivity (Wildman–Crippen MR) is 131 cm³/mol. The van der Waals surface area contributed by atoms with E-state index in [1.165, 1.54) is 0 Å². The Morgan fingerprint density at radius 3 is 2.45 bits per heavy atom. The van der Waals surface area contributed by atoms with Gasteiger partial charge in [-0.3, -0.25) is 14.6 Å². The zero-order chi connectivity index (χ0) is 23.4. The molecule has 1 aliphatic carbocycles. The Morgan fingerprint density at radius 1 is 1.03 bits per heavy atom. The number of ether oxygens (including phenoxy) is 2. The number of nitrogens with zero attached hydrogens (tertiary/aromatic N) is 1. The number of rotatable bonds is 7. The lowest BCUT2D eigenvalue weighted by molar-refractivity contribution is -0.148. The summed E-state index contributed by atoms with van der Waals surface area (Å²) in [6.45, 7) is 4.85. The molecular weight excluding hydrogens is 482 g/mol. The third kappa shape index (κ3) is 5.17. The van der Waals surface area contributed by atoms with Gasteiger partial charge in [-0.1, -0.05) is 58.4 Å². The smallest absolute Gasteiger partial charge is 0.315 e. The summed E-state index contributed by atoms with van der Waals surface area (Å²) in [5, 5.41) is 0. The fraction of sp³-hybridized carbons (Fsp3) is 0.370. The average Bonchev–Trinajstić information content (AvgIpc) is 2.82. The summed E-state index contributed by atoms with van der Waals surface area (Å²) < 4.78 is 11.8. The van der Waals surface area contributed by atoms with Gasteiger partial charge in [0.2, 0.25) is 0 Å². The number of benzene rings is 2. The van der Waals surface area contributed by atoms with Gasteiger partial charge in [0.15, 0.2) is 5.78 Å². The molecule has 2 aromatic carbocycles. The summed E-state index contributed by atoms with van der Waals surface area (Å²) in [4.78, 5) is 31.5. The van der Waals surface area contributed by atoms with Gasteiger partial charge in [-0.25, -0.2) is 0 Å². The lowest BCUT2D eigenvalue weighted by atomic mass is 9.69. The van der Waals surface area contributed by atoms with Crippen LogP contribution >= 0.6 is 15.9 Å². The molecule has 5 nitrogen and oxygen atoms in total. The van der Waals surface area contributed by atoms with Crippen molar-refractivity contribution in [1.82, 2.24) is 0 Å². The van der Waals surface area contributed by atoms with Crippen molar-refractivity contribution in [2.45, 2.75) is 38.5 Å². The van der Waals surface area contributed by atoms with E-state index in [-0.39, 0.29) is 24.3 Å². The van der Waals surface area contributed by atoms with Crippen LogP contribution in [0.3, 0.4) is 0 Å². The minimum Gasteiger partial charge on any atom is -0.463 e. The van der Waals surface area contributed by atoms with Crippen molar-refractivity contribution in [2.75, 3.05) is 19.8 Å². The van der Waals surface area contributed by atoms with Gasteiger partial charge in [-0.15, -0.1) is 0 Å². The topological polar surface area (TPSA) is 65.0 Å². The van der Waals surface area contributed by atoms with Crippen LogP contribution in [0.15, 0.2) is 75.3 Å². The molecule has 0 saturated carbocycles. The van der Waals surface area contributed by atoms with E-state index in [1.54, 1.807) is 0 Å². The molecule has 0 saturated heterocycles. The molecule has 0 bridgehead atoms. The number of halogens is 1. The van der Waals surface area contributed by atoms with Crippen LogP contribution in [-0.4, -0.2) is 37.3 Å². The summed E-state index contributed by atoms with van der Waals surface area (Å²) in [6.07, 6.45) is 1.10. The molecule has 0 spiro atoms. The van der Waals surface area contributed by atoms with E-state index < -0.39 is 11.8 Å². The molecule has 3 atom stereocenters. The minimum absolute atomic E-state index is 0.0568. The van der Waals surface area contributed by atoms with Crippen LogP contribution in [0.1, 0.15) is 49.7 Å². The Labute approximate surface area is 203 Å². The standard InChI is InChI=1S/C27H28BrNO4/c1-3-32-13-14-33-27(31)24-17(2)29-22-15-20(18-7-5-4-6-8-18)16-23(30)26(22)25(24)19-9-11-21(28)12-10-19/h4-12,20,24-25H,3,13-16H2,1-2H3/t20-,24?,25-/m1/s1. The molecule has 1 aliphatic heterocycles. The van der Waals surface area contributed by atoms with Crippen molar-refractivity contribution in [3.05, 3.63) is 81.5 Å². The SMILES string of the molecule is CCOCCOC(=O)C1C(C)=NC2=C(C(=O)C[C@H](c3ccccc3)C2)[C@@H]1c1ccc(Br)cc1. The van der Waals surface area contributed by atoms with Gasteiger partial charge in [0, 0.05) is 40.4 Å². The van der Waals surface area contributed by atoms with E-state index in [2.05, 4.69) is 28.1 Å². The number of hydrogen-bond donors (Lipinski definition) is 0. The predicted octanol–water partition coefficient (Wildman–Crippen LogP) is 5.60. The number of carbonyl (C=O) groups excluding carboxylic acids is 2. The fourth-order valence-corrected chi connectivity index (χ4v) is 5.06. The van der Waals surface area contributed by atoms with Crippen molar-refractivity contribution in [3.63, 3.8) is 0 Å². The number of allylic oxidation sites excluding steroid dienone is 2. The van der Waals surface area contributed by atoms with E-state index in [4.69, 9.17) is 14.5 Å². The molecule has 1 heterocycles. The monoisotopic (exact) mass is 509 g/mol. The maximum absolute atomic E-state index is 13.5. The summed E-state index contributed by atoms with van der Waals surface area (Å²) in [6, 6.07) is 17.9. The van der Waals surface area contributed by atoms with E-state index in [0.29, 0.717) is 37.3 Å². The molecule has 2 aliphatic rings. The second kappa shape index (κ2) is 10.6. The zero-order valence-electron chi connectivity index (χ0n) is 18.9. The molecule has 33 heavy (non-hydrogen) atoms. The summed E-state index contributed by atoms with van der Waals surface area (Å²) >= 11 is 3.48. The zero-order valence-corrected chi connectivity index (χ0v) is 20.5. The molecule has 2 aromatic rings. The fourth-order valence-electron chi connectivity index (χ4n) is 4.79. The highest BCUT2D eigenvalue weighted by atomic mass is 79.9. The van der Waals surface area contributed by atoms with Gasteiger partial charge in [0.05, 0.1) is 6.61 Å². The number of Topliss-reactive ketones (excluding diaryl/α,β-unsaturated/α-hetero) is 1. The summed E-state index contributed by atoms with van der Waals surface area (Å²) in [5.74, 6) is -1.26. The summed E-state index contributed by atoms with van der Waals surface area (Å²) in [7, 11) is 0. The van der Waals surface area contributed by atoms with Gasteiger partial charge in [-0.05, 0) is 49.4 Å². The van der Waals surface area contributed by atoms with Gasteiger partial charge < -0.3 is 9.47 Å². The maximum atomic E-state index is 13.5. The van der Waals surface area contributed by atoms with Crippen molar-refractivity contribution in [3.8, 4) is 0 Å². The largest absolute Gasteiger partial charge is 0.463 e. The normalized spacial score (nSPS) is 22.6. The first-order chi connectivity index (χ1) is 16.0. The number of aliphatic imine (C=N–C) groups is 1. The van der Waals surface area contributed by atoms with Crippen molar-refractivity contribution < 1.29 is 19.1 Å². The Morgan fingerprint density at radius 2 is 1.76 bits per heavy atom. The Balaban J connectivity index is 1.70. The van der Waals surface area contributed by atoms with Crippen LogP contribution in [0.2, 0.25) is 0 Å². The first kappa shape index (κ1) is 23.6. The van der Waals surface area contributed by atoms with Gasteiger partial charge in [0.1, 0.15) is 12.5 Å². The third-order valence-electron chi connectivity index (χ3n) is 6.32. The van der Waals surface area contributed by atoms with Crippen LogP contribution in [0.5, 0.6) is 0 Å². The highest BCUT2D eigenvalue weighted by Crippen LogP contribution is 2.46. The number of hydrogen-bond acceptors (Lipinski definition) is 5. The van der Waals surface area contributed by atoms with E-state index >= 15 is 0 Å². The molecule has 0 aromatic heterocycles. The van der Waals surface area contributed by atoms with E-state index in [9.17, 15) is 9.59 Å². The van der Waals surface area contributed by atoms with Crippen LogP contribution in [0, 0.1) is 5.92 Å². The molecule has 0 N–H and O–H groups in total. The third-order valence-corrected chi connectivity index (χ3v) is 6.85. The molecular formula is C27H28BrNO4. The molecule has 0 amide bonds. The second-order valence-corrected chi connectivity index (χ2v) is 9.34.